The van der Waals surface area contributed by atoms with Crippen LogP contribution in [0.2, 0.25) is 0 Å². The van der Waals surface area contributed by atoms with Gasteiger partial charge in [0.1, 0.15) is 18.5 Å². The van der Waals surface area contributed by atoms with E-state index in [4.69, 9.17) is 19.3 Å². The van der Waals surface area contributed by atoms with Gasteiger partial charge in [0.25, 0.3) is 5.91 Å². The van der Waals surface area contributed by atoms with Crippen LogP contribution in [0.4, 0.5) is 14.4 Å². The lowest BCUT2D eigenvalue weighted by atomic mass is 9.97. The lowest BCUT2D eigenvalue weighted by Gasteiger charge is -2.42. The fourth-order valence-electron chi connectivity index (χ4n) is 8.91. The number of carbonyl (C=O) groups excluding carboxylic acids is 3. The van der Waals surface area contributed by atoms with E-state index in [1.165, 1.54) is 0 Å². The van der Waals surface area contributed by atoms with E-state index in [9.17, 15) is 19.2 Å². The van der Waals surface area contributed by atoms with Gasteiger partial charge in [-0.05, 0) is 92.7 Å². The molecule has 57 heavy (non-hydrogen) atoms. The monoisotopic (exact) mass is 781 g/mol. The molecule has 4 aliphatic heterocycles. The van der Waals surface area contributed by atoms with Crippen molar-refractivity contribution in [1.82, 2.24) is 24.9 Å². The Morgan fingerprint density at radius 3 is 2.21 bits per heavy atom. The molecule has 0 spiro atoms. The average molecular weight is 782 g/mol. The number of nitrogens with zero attached hydrogens (tertiary/aromatic N) is 4. The number of fused-ring (bicyclic) bond motifs is 1. The number of urea groups is 1. The number of ether oxygens (including phenoxy) is 3. The molecule has 0 bridgehead atoms. The summed E-state index contributed by atoms with van der Waals surface area (Å²) in [7, 11) is 0. The van der Waals surface area contributed by atoms with E-state index in [1.807, 2.05) is 78.3 Å². The summed E-state index contributed by atoms with van der Waals surface area (Å²) >= 11 is 0. The third kappa shape index (κ3) is 9.99. The predicted molar refractivity (Wildman–Crippen MR) is 214 cm³/mol. The third-order valence-corrected chi connectivity index (χ3v) is 12.0. The fourth-order valence-corrected chi connectivity index (χ4v) is 8.91. The third-order valence-electron chi connectivity index (χ3n) is 12.0. The highest BCUT2D eigenvalue weighted by molar-refractivity contribution is 5.84. The van der Waals surface area contributed by atoms with E-state index in [0.29, 0.717) is 65.0 Å². The maximum absolute atomic E-state index is 14.3. The fraction of sp³-hybridized carbons (Fsp3) is 0.500. The van der Waals surface area contributed by atoms with E-state index in [0.717, 1.165) is 71.6 Å². The summed E-state index contributed by atoms with van der Waals surface area (Å²) in [4.78, 5) is 60.1. The number of allylic oxidation sites excluding steroid dienone is 4. The Labute approximate surface area is 334 Å². The Balaban J connectivity index is 0.995. The number of hydrogen-bond acceptors (Lipinski definition) is 8. The highest BCUT2D eigenvalue weighted by Gasteiger charge is 2.37. The molecule has 2 aromatic rings. The zero-order chi connectivity index (χ0) is 39.9. The van der Waals surface area contributed by atoms with Crippen LogP contribution in [0.3, 0.4) is 0 Å². The number of hydrogen-bond donors (Lipinski definition) is 2. The van der Waals surface area contributed by atoms with E-state index in [2.05, 4.69) is 22.4 Å². The van der Waals surface area contributed by atoms with E-state index >= 15 is 0 Å². The van der Waals surface area contributed by atoms with Gasteiger partial charge in [-0.3, -0.25) is 9.69 Å². The van der Waals surface area contributed by atoms with Crippen molar-refractivity contribution in [2.24, 2.45) is 0 Å². The van der Waals surface area contributed by atoms with Crippen molar-refractivity contribution in [3.8, 4) is 5.75 Å². The van der Waals surface area contributed by atoms with E-state index in [1.54, 1.807) is 4.90 Å². The summed E-state index contributed by atoms with van der Waals surface area (Å²) in [6.07, 6.45) is 10.2. The second-order valence-corrected chi connectivity index (χ2v) is 15.8. The molecule has 13 heteroatoms. The molecule has 1 aliphatic carbocycles. The normalized spacial score (nSPS) is 20.5. The molecule has 3 fully saturated rings. The number of benzene rings is 2. The van der Waals surface area contributed by atoms with E-state index in [-0.39, 0.29) is 36.5 Å². The second kappa shape index (κ2) is 18.3. The minimum Gasteiger partial charge on any atom is -0.488 e. The van der Waals surface area contributed by atoms with Crippen molar-refractivity contribution in [3.63, 3.8) is 0 Å². The van der Waals surface area contributed by atoms with Crippen molar-refractivity contribution in [2.45, 2.75) is 96.1 Å². The standard InChI is InChI=1S/C44H55N5O8/c1-30-26-33(27-31(2)40(30)55-29-32-8-4-3-5-9-32)28-39(41(50)47-19-13-35(14-20-47)46-23-17-37(18-24-46)56-44(53)54)57-43(52)48-21-15-36(16-22-48)49-25-12-34-10-6-7-11-38(34)45-42(49)51/h3-9,11-12,26-27,35-37,39H,10,13-25,28-29H2,1-2H3,(H,45,51)(H,53,54)/t39-/m1/s1. The van der Waals surface area contributed by atoms with Gasteiger partial charge in [-0.1, -0.05) is 60.7 Å². The number of piperidine rings is 3. The minimum absolute atomic E-state index is 0.0256. The molecule has 13 nitrogen and oxygen atoms in total. The molecule has 0 aromatic heterocycles. The summed E-state index contributed by atoms with van der Waals surface area (Å²) in [6.45, 7) is 8.38. The first-order valence-electron chi connectivity index (χ1n) is 20.4. The summed E-state index contributed by atoms with van der Waals surface area (Å²) in [5, 5.41) is 12.1. The molecule has 3 saturated heterocycles. The molecule has 304 valence electrons. The zero-order valence-electron chi connectivity index (χ0n) is 33.1. The number of aryl methyl sites for hydroxylation is 2. The van der Waals surface area contributed by atoms with Crippen LogP contribution in [0, 0.1) is 13.8 Å². The van der Waals surface area contributed by atoms with Crippen molar-refractivity contribution in [1.29, 1.82) is 0 Å². The number of rotatable bonds is 10. The Kier molecular flexibility index (Phi) is 12.8. The van der Waals surface area contributed by atoms with Gasteiger partial charge < -0.3 is 39.3 Å². The molecule has 5 aliphatic rings. The first-order chi connectivity index (χ1) is 27.6. The Bertz CT molecular complexity index is 1850. The van der Waals surface area contributed by atoms with Crippen LogP contribution in [0.15, 0.2) is 78.0 Å². The first-order valence-corrected chi connectivity index (χ1v) is 20.4. The molecule has 0 saturated carbocycles. The van der Waals surface area contributed by atoms with Crippen molar-refractivity contribution >= 4 is 24.2 Å². The van der Waals surface area contributed by atoms with Crippen LogP contribution >= 0.6 is 0 Å². The highest BCUT2D eigenvalue weighted by atomic mass is 16.7. The van der Waals surface area contributed by atoms with Crippen LogP contribution in [0.25, 0.3) is 0 Å². The van der Waals surface area contributed by atoms with Gasteiger partial charge in [-0.25, -0.2) is 14.4 Å². The SMILES string of the molecule is Cc1cc(C[C@@H](OC(=O)N2CCC(N3CC=C4CC=CC=C4NC3=O)CC2)C(=O)N2CCC(N3CCC(OC(=O)O)CC3)CC2)cc(C)c1OCc1ccccc1. The van der Waals surface area contributed by atoms with Gasteiger partial charge in [0, 0.05) is 70.0 Å². The minimum atomic E-state index is -1.23. The van der Waals surface area contributed by atoms with Gasteiger partial charge in [0.15, 0.2) is 6.10 Å². The van der Waals surface area contributed by atoms with Crippen LogP contribution in [-0.2, 0) is 27.3 Å². The van der Waals surface area contributed by atoms with Gasteiger partial charge >= 0.3 is 18.3 Å². The van der Waals surface area contributed by atoms with Crippen LogP contribution in [0.1, 0.15) is 67.2 Å². The molecule has 2 aromatic carbocycles. The number of amides is 4. The van der Waals surface area contributed by atoms with Crippen LogP contribution in [0.5, 0.6) is 5.75 Å². The Hall–Kier alpha value is -5.30. The van der Waals surface area contributed by atoms with Gasteiger partial charge in [0.2, 0.25) is 0 Å². The van der Waals surface area contributed by atoms with Gasteiger partial charge in [-0.15, -0.1) is 0 Å². The maximum atomic E-state index is 14.3. The zero-order valence-corrected chi connectivity index (χ0v) is 33.1. The Morgan fingerprint density at radius 2 is 1.53 bits per heavy atom. The molecular formula is C44H55N5O8. The second-order valence-electron chi connectivity index (χ2n) is 15.8. The molecular weight excluding hydrogens is 727 g/mol. The molecule has 4 amide bonds. The topological polar surface area (TPSA) is 141 Å². The summed E-state index contributed by atoms with van der Waals surface area (Å²) < 4.78 is 17.4. The van der Waals surface area contributed by atoms with Crippen LogP contribution in [-0.4, -0.2) is 119 Å². The Morgan fingerprint density at radius 1 is 0.860 bits per heavy atom. The van der Waals surface area contributed by atoms with Crippen molar-refractivity contribution in [3.05, 3.63) is 100 Å². The van der Waals surface area contributed by atoms with E-state index < -0.39 is 18.4 Å². The quantitative estimate of drug-likeness (QED) is 0.264. The molecule has 4 heterocycles. The lowest BCUT2D eigenvalue weighted by Crippen LogP contribution is -2.53. The first kappa shape index (κ1) is 39.9. The number of carbonyl (C=O) groups is 4. The average Bonchev–Trinajstić information content (AvgIpc) is 3.38. The molecule has 0 radical (unpaired) electrons. The number of nitrogens with one attached hydrogen (secondary N) is 1. The molecule has 7 rings (SSSR count). The summed E-state index contributed by atoms with van der Waals surface area (Å²) in [6, 6.07) is 14.2. The highest BCUT2D eigenvalue weighted by Crippen LogP contribution is 2.29. The predicted octanol–water partition coefficient (Wildman–Crippen LogP) is 6.34. The number of likely N-dealkylation sites (tertiary alicyclic amines) is 3. The van der Waals surface area contributed by atoms with Crippen molar-refractivity contribution in [2.75, 3.05) is 45.8 Å². The van der Waals surface area contributed by atoms with Gasteiger partial charge in [0.05, 0.1) is 0 Å². The molecule has 2 N–H and O–H groups in total. The summed E-state index contributed by atoms with van der Waals surface area (Å²) in [5.41, 5.74) is 5.80. The largest absolute Gasteiger partial charge is 0.506 e. The number of carboxylic acid groups (broad SMARTS) is 1. The summed E-state index contributed by atoms with van der Waals surface area (Å²) in [5.74, 6) is 0.594. The maximum Gasteiger partial charge on any atom is 0.506 e. The molecule has 0 unspecified atom stereocenters. The lowest BCUT2D eigenvalue weighted by molar-refractivity contribution is -0.142. The van der Waals surface area contributed by atoms with Crippen molar-refractivity contribution < 1.29 is 38.5 Å². The van der Waals surface area contributed by atoms with Gasteiger partial charge in [-0.2, -0.15) is 0 Å². The molecule has 1 atom stereocenters. The smallest absolute Gasteiger partial charge is 0.488 e. The van der Waals surface area contributed by atoms with Crippen LogP contribution < -0.4 is 10.1 Å².